The fourth-order valence-electron chi connectivity index (χ4n) is 0.200. The molecule has 0 unspecified atom stereocenters. The second-order valence-corrected chi connectivity index (χ2v) is 1.30. The third kappa shape index (κ3) is 11.1. The molecule has 0 aromatic heterocycles. The lowest BCUT2D eigenvalue weighted by atomic mass is 10.6. The van der Waals surface area contributed by atoms with Crippen molar-refractivity contribution in [3.05, 3.63) is 0 Å². The number of aliphatic carboxylic acids is 1. The first kappa shape index (κ1) is 11.1. The molecule has 0 fully saturated rings. The highest BCUT2D eigenvalue weighted by Crippen LogP contribution is 1.60. The van der Waals surface area contributed by atoms with Crippen LogP contribution < -0.4 is 5.32 Å². The van der Waals surface area contributed by atoms with Gasteiger partial charge in [-0.05, 0) is 0 Å². The highest BCUT2D eigenvalue weighted by molar-refractivity contribution is 5.85. The van der Waals surface area contributed by atoms with Gasteiger partial charge in [0.15, 0.2) is 0 Å². The molecule has 0 radical (unpaired) electrons. The molecule has 54 valence electrons. The van der Waals surface area contributed by atoms with Gasteiger partial charge < -0.3 is 10.4 Å². The van der Waals surface area contributed by atoms with Gasteiger partial charge in [0.25, 0.3) is 0 Å². The molecule has 0 spiro atoms. The molecule has 0 saturated heterocycles. The van der Waals surface area contributed by atoms with Crippen molar-refractivity contribution in [2.75, 3.05) is 6.54 Å². The van der Waals surface area contributed by atoms with Crippen LogP contribution in [0, 0.1) is 0 Å². The van der Waals surface area contributed by atoms with Crippen LogP contribution in [-0.2, 0) is 9.59 Å². The van der Waals surface area contributed by atoms with Crippen molar-refractivity contribution in [3.63, 3.8) is 0 Å². The highest BCUT2D eigenvalue weighted by Gasteiger charge is 1.94. The Morgan fingerprint density at radius 1 is 1.56 bits per heavy atom. The Morgan fingerprint density at radius 3 is 2.11 bits per heavy atom. The summed E-state index contributed by atoms with van der Waals surface area (Å²) in [6.07, 6.45) is 0. The maximum absolute atomic E-state index is 9.97. The highest BCUT2D eigenvalue weighted by atomic mass is 35.5. The Kier molecular flexibility index (Phi) is 6.61. The Morgan fingerprint density at radius 2 is 2.00 bits per heavy atom. The number of hydrogen-bond acceptors (Lipinski definition) is 2. The largest absolute Gasteiger partial charge is 0.480 e. The van der Waals surface area contributed by atoms with E-state index in [9.17, 15) is 9.59 Å². The van der Waals surface area contributed by atoms with Gasteiger partial charge in [0, 0.05) is 6.92 Å². The van der Waals surface area contributed by atoms with E-state index in [1.165, 1.54) is 6.92 Å². The number of carboxylic acid groups (broad SMARTS) is 1. The number of carboxylic acids is 1. The fraction of sp³-hybridized carbons (Fsp3) is 0.500. The third-order valence-corrected chi connectivity index (χ3v) is 0.489. The third-order valence-electron chi connectivity index (χ3n) is 0.489. The quantitative estimate of drug-likeness (QED) is 0.569. The molecule has 0 bridgehead atoms. The smallest absolute Gasteiger partial charge is 0.322 e. The summed E-state index contributed by atoms with van der Waals surface area (Å²) in [7, 11) is 0. The van der Waals surface area contributed by atoms with Crippen molar-refractivity contribution >= 4 is 24.3 Å². The summed E-state index contributed by atoms with van der Waals surface area (Å²) < 4.78 is 0. The second-order valence-electron chi connectivity index (χ2n) is 1.30. The summed E-state index contributed by atoms with van der Waals surface area (Å²) in [5.41, 5.74) is 0. The van der Waals surface area contributed by atoms with Gasteiger partial charge in [-0.25, -0.2) is 0 Å². The topological polar surface area (TPSA) is 66.4 Å². The molecule has 0 aromatic rings. The number of amides is 1. The van der Waals surface area contributed by atoms with Gasteiger partial charge >= 0.3 is 5.97 Å². The van der Waals surface area contributed by atoms with Crippen LogP contribution >= 0.6 is 12.4 Å². The summed E-state index contributed by atoms with van der Waals surface area (Å²) in [4.78, 5) is 19.7. The van der Waals surface area contributed by atoms with Crippen molar-refractivity contribution in [2.45, 2.75) is 6.92 Å². The van der Waals surface area contributed by atoms with Crippen molar-refractivity contribution in [1.82, 2.24) is 5.32 Å². The zero-order chi connectivity index (χ0) is 6.57. The maximum atomic E-state index is 9.97. The summed E-state index contributed by atoms with van der Waals surface area (Å²) in [6.45, 7) is 0.971. The zero-order valence-corrected chi connectivity index (χ0v) is 5.70. The number of carbonyl (C=O) groups excluding carboxylic acids is 1. The predicted molar refractivity (Wildman–Crippen MR) is 33.6 cm³/mol. The van der Waals surface area contributed by atoms with E-state index in [0.29, 0.717) is 0 Å². The normalized spacial score (nSPS) is 7.22. The van der Waals surface area contributed by atoms with Crippen LogP contribution in [0.2, 0.25) is 0 Å². The number of nitrogens with one attached hydrogen (secondary N) is 1. The van der Waals surface area contributed by atoms with Crippen LogP contribution in [-0.4, -0.2) is 23.5 Å². The van der Waals surface area contributed by atoms with Crippen molar-refractivity contribution < 1.29 is 14.7 Å². The van der Waals surface area contributed by atoms with Crippen molar-refractivity contribution in [2.24, 2.45) is 0 Å². The number of halogens is 1. The van der Waals surface area contributed by atoms with E-state index in [4.69, 9.17) is 5.11 Å². The van der Waals surface area contributed by atoms with E-state index in [-0.39, 0.29) is 24.9 Å². The van der Waals surface area contributed by atoms with Gasteiger partial charge in [0.05, 0.1) is 0 Å². The molecular weight excluding hydrogens is 146 g/mol. The maximum Gasteiger partial charge on any atom is 0.322 e. The zero-order valence-electron chi connectivity index (χ0n) is 4.88. The molecule has 0 rings (SSSR count). The van der Waals surface area contributed by atoms with Gasteiger partial charge in [-0.3, -0.25) is 9.59 Å². The average molecular weight is 154 g/mol. The SMILES string of the molecule is CC(=O)NCC(=O)O.Cl. The van der Waals surface area contributed by atoms with Gasteiger partial charge in [-0.1, -0.05) is 0 Å². The lowest BCUT2D eigenvalue weighted by molar-refractivity contribution is -0.137. The van der Waals surface area contributed by atoms with Crippen LogP contribution in [0.15, 0.2) is 0 Å². The van der Waals surface area contributed by atoms with E-state index in [0.717, 1.165) is 0 Å². The molecule has 0 atom stereocenters. The number of hydrogen-bond donors (Lipinski definition) is 2. The Hall–Kier alpha value is -0.770. The van der Waals surface area contributed by atoms with Gasteiger partial charge in [0.2, 0.25) is 5.91 Å². The fourth-order valence-corrected chi connectivity index (χ4v) is 0.200. The van der Waals surface area contributed by atoms with E-state index >= 15 is 0 Å². The first-order valence-corrected chi connectivity index (χ1v) is 2.09. The Balaban J connectivity index is 0. The molecule has 0 heterocycles. The van der Waals surface area contributed by atoms with Crippen molar-refractivity contribution in [3.8, 4) is 0 Å². The Labute approximate surface area is 58.7 Å². The number of rotatable bonds is 2. The lowest BCUT2D eigenvalue weighted by Gasteiger charge is -1.92. The van der Waals surface area contributed by atoms with E-state index in [2.05, 4.69) is 5.32 Å². The standard InChI is InChI=1S/C4H7NO3.ClH/c1-3(6)5-2-4(7)8;/h2H2,1H3,(H,5,6)(H,7,8);1H. The average Bonchev–Trinajstić information content (AvgIpc) is 1.61. The molecule has 2 N–H and O–H groups in total. The molecule has 1 amide bonds. The summed E-state index contributed by atoms with van der Waals surface area (Å²) in [5, 5.41) is 10.1. The van der Waals surface area contributed by atoms with Gasteiger partial charge in [-0.15, -0.1) is 12.4 Å². The molecule has 5 heteroatoms. The van der Waals surface area contributed by atoms with Crippen molar-refractivity contribution in [1.29, 1.82) is 0 Å². The van der Waals surface area contributed by atoms with Crippen LogP contribution in [0.4, 0.5) is 0 Å². The molecule has 9 heavy (non-hydrogen) atoms. The predicted octanol–water partition coefficient (Wildman–Crippen LogP) is -0.371. The first-order valence-electron chi connectivity index (χ1n) is 2.09. The first-order chi connectivity index (χ1) is 3.63. The minimum Gasteiger partial charge on any atom is -0.480 e. The van der Waals surface area contributed by atoms with E-state index in [1.807, 2.05) is 0 Å². The molecular formula is C4H8ClNO3. The Bertz CT molecular complexity index is 100. The molecule has 0 aliphatic heterocycles. The summed E-state index contributed by atoms with van der Waals surface area (Å²) >= 11 is 0. The van der Waals surface area contributed by atoms with E-state index in [1.54, 1.807) is 0 Å². The van der Waals surface area contributed by atoms with E-state index < -0.39 is 5.97 Å². The minimum atomic E-state index is -1.03. The van der Waals surface area contributed by atoms with Crippen LogP contribution in [0.25, 0.3) is 0 Å². The van der Waals surface area contributed by atoms with Gasteiger partial charge in [0.1, 0.15) is 6.54 Å². The monoisotopic (exact) mass is 153 g/mol. The second kappa shape index (κ2) is 5.37. The molecule has 0 saturated carbocycles. The molecule has 0 aromatic carbocycles. The molecule has 4 nitrogen and oxygen atoms in total. The molecule has 0 aliphatic rings. The minimum absolute atomic E-state index is 0. The number of carbonyl (C=O) groups is 2. The van der Waals surface area contributed by atoms with Gasteiger partial charge in [-0.2, -0.15) is 0 Å². The van der Waals surface area contributed by atoms with Crippen LogP contribution in [0.3, 0.4) is 0 Å². The van der Waals surface area contributed by atoms with Crippen LogP contribution in [0.1, 0.15) is 6.92 Å². The molecule has 0 aliphatic carbocycles. The summed E-state index contributed by atoms with van der Waals surface area (Å²) in [5.74, 6) is -1.35. The summed E-state index contributed by atoms with van der Waals surface area (Å²) in [6, 6.07) is 0. The lowest BCUT2D eigenvalue weighted by Crippen LogP contribution is -2.26. The van der Waals surface area contributed by atoms with Crippen LogP contribution in [0.5, 0.6) is 0 Å².